The first-order valence-electron chi connectivity index (χ1n) is 11.4. The van der Waals surface area contributed by atoms with Gasteiger partial charge < -0.3 is 14.0 Å². The van der Waals surface area contributed by atoms with E-state index in [0.29, 0.717) is 6.67 Å². The first kappa shape index (κ1) is 21.2. The lowest BCUT2D eigenvalue weighted by atomic mass is 9.88. The summed E-state index contributed by atoms with van der Waals surface area (Å²) >= 11 is 5.85. The number of aromatic nitrogens is 3. The summed E-state index contributed by atoms with van der Waals surface area (Å²) in [5.74, 6) is 2.68. The Hall–Kier alpha value is -2.64. The molecule has 5 rings (SSSR count). The van der Waals surface area contributed by atoms with E-state index < -0.39 is 0 Å². The van der Waals surface area contributed by atoms with Crippen molar-refractivity contribution in [3.05, 3.63) is 69.8 Å². The fraction of sp³-hybridized carbons (Fsp3) is 0.440. The van der Waals surface area contributed by atoms with Crippen LogP contribution in [0.5, 0.6) is 11.5 Å². The van der Waals surface area contributed by atoms with E-state index in [1.807, 2.05) is 4.68 Å². The maximum atomic E-state index is 5.85. The number of methoxy groups -OCH3 is 2. The van der Waals surface area contributed by atoms with Crippen LogP contribution in [0.3, 0.4) is 0 Å². The molecule has 1 aromatic heterocycles. The number of ether oxygens (including phenoxy) is 2. The monoisotopic (exact) mass is 450 g/mol. The maximum absolute atomic E-state index is 5.85. The molecule has 6 nitrogen and oxygen atoms in total. The average Bonchev–Trinajstić information content (AvgIpc) is 2.98. The molecule has 2 aliphatic rings. The van der Waals surface area contributed by atoms with E-state index >= 15 is 0 Å². The molecule has 168 valence electrons. The van der Waals surface area contributed by atoms with E-state index in [-0.39, 0.29) is 6.04 Å². The van der Waals surface area contributed by atoms with Crippen molar-refractivity contribution in [2.45, 2.75) is 51.4 Å². The van der Waals surface area contributed by atoms with E-state index in [0.717, 1.165) is 48.0 Å². The molecule has 0 N–H and O–H groups in total. The highest BCUT2D eigenvalue weighted by atomic mass is 32.1. The van der Waals surface area contributed by atoms with Crippen molar-refractivity contribution < 1.29 is 9.47 Å². The van der Waals surface area contributed by atoms with Crippen LogP contribution in [0.15, 0.2) is 42.5 Å². The zero-order chi connectivity index (χ0) is 22.1. The lowest BCUT2D eigenvalue weighted by molar-refractivity contribution is 0.154. The van der Waals surface area contributed by atoms with E-state index in [2.05, 4.69) is 51.9 Å². The van der Waals surface area contributed by atoms with Crippen molar-refractivity contribution in [1.29, 1.82) is 0 Å². The molecule has 0 aliphatic carbocycles. The van der Waals surface area contributed by atoms with Gasteiger partial charge in [-0.3, -0.25) is 4.90 Å². The Kier molecular flexibility index (Phi) is 6.02. The van der Waals surface area contributed by atoms with Crippen LogP contribution in [0.25, 0.3) is 0 Å². The summed E-state index contributed by atoms with van der Waals surface area (Å²) in [5.41, 5.74) is 3.82. The van der Waals surface area contributed by atoms with Gasteiger partial charge in [0.2, 0.25) is 0 Å². The molecule has 1 atom stereocenters. The third kappa shape index (κ3) is 3.84. The molecule has 32 heavy (non-hydrogen) atoms. The van der Waals surface area contributed by atoms with Crippen molar-refractivity contribution >= 4 is 12.2 Å². The SMILES string of the molecule is COc1cc2c(cc1OC)C(c1ccccc1)N(Cn1nc3n(c1=S)CCCCC3)CC2. The third-order valence-electron chi connectivity index (χ3n) is 6.69. The number of fused-ring (bicyclic) bond motifs is 2. The number of nitrogens with zero attached hydrogens (tertiary/aromatic N) is 4. The van der Waals surface area contributed by atoms with Gasteiger partial charge in [0.1, 0.15) is 5.82 Å². The predicted octanol–water partition coefficient (Wildman–Crippen LogP) is 4.76. The fourth-order valence-corrected chi connectivity index (χ4v) is 5.36. The lowest BCUT2D eigenvalue weighted by Gasteiger charge is -2.38. The summed E-state index contributed by atoms with van der Waals surface area (Å²) in [7, 11) is 3.39. The molecule has 3 aromatic rings. The predicted molar refractivity (Wildman–Crippen MR) is 127 cm³/mol. The van der Waals surface area contributed by atoms with E-state index in [4.69, 9.17) is 26.8 Å². The summed E-state index contributed by atoms with van der Waals surface area (Å²) in [4.78, 5) is 2.48. The van der Waals surface area contributed by atoms with Gasteiger partial charge in [-0.25, -0.2) is 4.68 Å². The molecule has 0 bridgehead atoms. The van der Waals surface area contributed by atoms with Crippen molar-refractivity contribution in [1.82, 2.24) is 19.2 Å². The van der Waals surface area contributed by atoms with Crippen LogP contribution in [0.4, 0.5) is 0 Å². The molecule has 0 fully saturated rings. The molecule has 3 heterocycles. The Labute approximate surface area is 194 Å². The van der Waals surface area contributed by atoms with Crippen molar-refractivity contribution in [2.24, 2.45) is 0 Å². The van der Waals surface area contributed by atoms with Crippen LogP contribution in [0.2, 0.25) is 0 Å². The lowest BCUT2D eigenvalue weighted by Crippen LogP contribution is -2.38. The Morgan fingerprint density at radius 1 is 0.969 bits per heavy atom. The highest BCUT2D eigenvalue weighted by Gasteiger charge is 2.31. The topological polar surface area (TPSA) is 44.5 Å². The molecule has 0 radical (unpaired) electrons. The first-order valence-corrected chi connectivity index (χ1v) is 11.8. The minimum atomic E-state index is 0.100. The van der Waals surface area contributed by atoms with Gasteiger partial charge in [-0.15, -0.1) is 0 Å². The molecule has 0 amide bonds. The van der Waals surface area contributed by atoms with Crippen LogP contribution < -0.4 is 9.47 Å². The summed E-state index contributed by atoms with van der Waals surface area (Å²) in [6.07, 6.45) is 5.58. The van der Waals surface area contributed by atoms with Gasteiger partial charge >= 0.3 is 0 Å². The Balaban J connectivity index is 1.55. The van der Waals surface area contributed by atoms with Crippen LogP contribution in [-0.2, 0) is 26.1 Å². The second-order valence-electron chi connectivity index (χ2n) is 8.58. The third-order valence-corrected chi connectivity index (χ3v) is 7.12. The molecule has 2 aromatic carbocycles. The summed E-state index contributed by atoms with van der Waals surface area (Å²) < 4.78 is 16.3. The second-order valence-corrected chi connectivity index (χ2v) is 8.95. The van der Waals surface area contributed by atoms with Crippen molar-refractivity contribution in [3.8, 4) is 11.5 Å². The zero-order valence-corrected chi connectivity index (χ0v) is 19.6. The van der Waals surface area contributed by atoms with Crippen LogP contribution in [0, 0.1) is 4.77 Å². The summed E-state index contributed by atoms with van der Waals surface area (Å²) in [5, 5.41) is 4.94. The van der Waals surface area contributed by atoms with Crippen molar-refractivity contribution in [2.75, 3.05) is 20.8 Å². The minimum absolute atomic E-state index is 0.100. The van der Waals surface area contributed by atoms with Gasteiger partial charge in [-0.2, -0.15) is 5.10 Å². The highest BCUT2D eigenvalue weighted by Crippen LogP contribution is 2.41. The molecule has 2 aliphatic heterocycles. The Morgan fingerprint density at radius 2 is 1.75 bits per heavy atom. The zero-order valence-electron chi connectivity index (χ0n) is 18.8. The first-order chi connectivity index (χ1) is 15.7. The van der Waals surface area contributed by atoms with E-state index in [1.54, 1.807) is 14.2 Å². The number of hydrogen-bond donors (Lipinski definition) is 0. The molecule has 1 unspecified atom stereocenters. The number of aryl methyl sites for hydroxylation is 1. The van der Waals surface area contributed by atoms with Gasteiger partial charge in [0.25, 0.3) is 0 Å². The van der Waals surface area contributed by atoms with Gasteiger partial charge in [-0.1, -0.05) is 36.8 Å². The molecule has 0 saturated heterocycles. The Bertz CT molecular complexity index is 1150. The molecule has 0 spiro atoms. The van der Waals surface area contributed by atoms with Gasteiger partial charge in [0, 0.05) is 19.5 Å². The molecule has 7 heteroatoms. The van der Waals surface area contributed by atoms with Gasteiger partial charge in [0.15, 0.2) is 16.3 Å². The minimum Gasteiger partial charge on any atom is -0.493 e. The van der Waals surface area contributed by atoms with Crippen LogP contribution >= 0.6 is 12.2 Å². The van der Waals surface area contributed by atoms with Crippen LogP contribution in [-0.4, -0.2) is 40.0 Å². The number of rotatable bonds is 5. The van der Waals surface area contributed by atoms with Gasteiger partial charge in [0.05, 0.1) is 26.9 Å². The standard InChI is InChI=1S/C25H30N4O2S/c1-30-21-15-19-12-14-27(17-29-25(32)28-13-8-4-7-11-23(28)26-29)24(18-9-5-3-6-10-18)20(19)16-22(21)31-2/h3,5-6,9-10,15-16,24H,4,7-8,11-14,17H2,1-2H3. The summed E-state index contributed by atoms with van der Waals surface area (Å²) in [6.45, 7) is 2.58. The normalized spacial score (nSPS) is 18.5. The Morgan fingerprint density at radius 3 is 2.53 bits per heavy atom. The van der Waals surface area contributed by atoms with Gasteiger partial charge in [-0.05, 0) is 60.3 Å². The van der Waals surface area contributed by atoms with E-state index in [9.17, 15) is 0 Å². The highest BCUT2D eigenvalue weighted by molar-refractivity contribution is 7.71. The smallest absolute Gasteiger partial charge is 0.199 e. The molecular weight excluding hydrogens is 420 g/mol. The van der Waals surface area contributed by atoms with Crippen LogP contribution in [0.1, 0.15) is 47.8 Å². The van der Waals surface area contributed by atoms with E-state index in [1.165, 1.54) is 36.0 Å². The fourth-order valence-electron chi connectivity index (χ4n) is 5.07. The molecule has 0 saturated carbocycles. The number of benzene rings is 2. The maximum Gasteiger partial charge on any atom is 0.199 e. The molecular formula is C25H30N4O2S. The number of hydrogen-bond acceptors (Lipinski definition) is 5. The summed E-state index contributed by atoms with van der Waals surface area (Å²) in [6, 6.07) is 15.0. The second kappa shape index (κ2) is 9.08. The average molecular weight is 451 g/mol. The quantitative estimate of drug-likeness (QED) is 0.524. The van der Waals surface area contributed by atoms with Crippen molar-refractivity contribution in [3.63, 3.8) is 0 Å². The largest absolute Gasteiger partial charge is 0.493 e.